The molecule has 25 heavy (non-hydrogen) atoms. The van der Waals surface area contributed by atoms with Gasteiger partial charge in [-0.3, -0.25) is 0 Å². The summed E-state index contributed by atoms with van der Waals surface area (Å²) in [6.07, 6.45) is 20.6. The van der Waals surface area contributed by atoms with E-state index in [1.165, 1.54) is 5.57 Å². The maximum atomic E-state index is 11.3. The highest BCUT2D eigenvalue weighted by molar-refractivity contribution is 7.81. The van der Waals surface area contributed by atoms with Gasteiger partial charge in [-0.1, -0.05) is 74.2 Å². The molecule has 1 rings (SSSR count). The zero-order chi connectivity index (χ0) is 18.9. The highest BCUT2D eigenvalue weighted by atomic mass is 32.1. The summed E-state index contributed by atoms with van der Waals surface area (Å²) in [6.45, 7) is 8.44. The predicted molar refractivity (Wildman–Crippen MR) is 111 cm³/mol. The first-order chi connectivity index (χ1) is 11.8. The molecule has 0 bridgehead atoms. The van der Waals surface area contributed by atoms with Gasteiger partial charge >= 0.3 is 5.97 Å². The van der Waals surface area contributed by atoms with Gasteiger partial charge in [-0.25, -0.2) is 4.79 Å². The molecule has 0 aromatic heterocycles. The van der Waals surface area contributed by atoms with E-state index in [2.05, 4.69) is 51.2 Å². The van der Waals surface area contributed by atoms with E-state index in [-0.39, 0.29) is 16.9 Å². The van der Waals surface area contributed by atoms with Gasteiger partial charge < -0.3 is 5.11 Å². The molecule has 0 radical (unpaired) electrons. The summed E-state index contributed by atoms with van der Waals surface area (Å²) in [5, 5.41) is 9.25. The Morgan fingerprint density at radius 2 is 2.00 bits per heavy atom. The van der Waals surface area contributed by atoms with Crippen molar-refractivity contribution in [1.82, 2.24) is 0 Å². The average molecular weight is 359 g/mol. The number of aliphatic carboxylic acids is 1. The number of carboxylic acid groups (broad SMARTS) is 1. The van der Waals surface area contributed by atoms with Gasteiger partial charge in [-0.05, 0) is 51.0 Å². The normalized spacial score (nSPS) is 19.0. The lowest BCUT2D eigenvalue weighted by atomic mass is 9.73. The first-order valence-electron chi connectivity index (χ1n) is 8.90. The minimum atomic E-state index is -0.947. The van der Waals surface area contributed by atoms with Gasteiger partial charge in [-0.15, -0.1) is 0 Å². The first kappa shape index (κ1) is 21.3. The molecule has 1 aliphatic rings. The Balaban J connectivity index is 2.57. The molecule has 0 aromatic carbocycles. The quantitative estimate of drug-likeness (QED) is 0.302. The Hall–Kier alpha value is -1.74. The Morgan fingerprint density at radius 1 is 1.28 bits per heavy atom. The zero-order valence-electron chi connectivity index (χ0n) is 15.8. The van der Waals surface area contributed by atoms with Crippen molar-refractivity contribution in [2.75, 3.05) is 0 Å². The van der Waals surface area contributed by atoms with Crippen molar-refractivity contribution in [3.8, 4) is 0 Å². The topological polar surface area (TPSA) is 37.3 Å². The molecule has 136 valence electrons. The van der Waals surface area contributed by atoms with Crippen LogP contribution in [0.4, 0.5) is 0 Å². The van der Waals surface area contributed by atoms with Gasteiger partial charge in [0.2, 0.25) is 0 Å². The SMILES string of the molecule is CC=CCCC(C)=CCCC=CC(C)(C)C1C=CC=C(C(=O)O)C1=S. The number of hydrogen-bond acceptors (Lipinski definition) is 2. The Kier molecular flexibility index (Phi) is 8.77. The second-order valence-corrected chi connectivity index (χ2v) is 7.51. The molecule has 0 aromatic rings. The average Bonchev–Trinajstić information content (AvgIpc) is 2.54. The second-order valence-electron chi connectivity index (χ2n) is 7.07. The van der Waals surface area contributed by atoms with Crippen LogP contribution >= 0.6 is 12.2 Å². The molecule has 0 aliphatic heterocycles. The van der Waals surface area contributed by atoms with Gasteiger partial charge in [0, 0.05) is 10.8 Å². The monoisotopic (exact) mass is 358 g/mol. The molecule has 1 atom stereocenters. The van der Waals surface area contributed by atoms with Crippen LogP contribution in [0.3, 0.4) is 0 Å². The fourth-order valence-corrected chi connectivity index (χ4v) is 3.40. The number of allylic oxidation sites excluding steroid dienone is 9. The number of thiocarbonyl (C=S) groups is 1. The molecule has 0 saturated carbocycles. The lowest BCUT2D eigenvalue weighted by molar-refractivity contribution is -0.132. The van der Waals surface area contributed by atoms with E-state index in [1.54, 1.807) is 12.2 Å². The Labute approximate surface area is 157 Å². The van der Waals surface area contributed by atoms with Crippen molar-refractivity contribution >= 4 is 23.1 Å². The number of carbonyl (C=O) groups is 1. The Morgan fingerprint density at radius 3 is 2.64 bits per heavy atom. The molecule has 0 spiro atoms. The second kappa shape index (κ2) is 10.3. The molecule has 1 aliphatic carbocycles. The fourth-order valence-electron chi connectivity index (χ4n) is 2.86. The largest absolute Gasteiger partial charge is 0.478 e. The lowest BCUT2D eigenvalue weighted by Gasteiger charge is -2.31. The van der Waals surface area contributed by atoms with Crippen molar-refractivity contribution in [2.45, 2.75) is 53.4 Å². The van der Waals surface area contributed by atoms with Crippen LogP contribution in [0.5, 0.6) is 0 Å². The van der Waals surface area contributed by atoms with E-state index in [4.69, 9.17) is 12.2 Å². The van der Waals surface area contributed by atoms with Crippen LogP contribution in [-0.4, -0.2) is 15.9 Å². The highest BCUT2D eigenvalue weighted by Crippen LogP contribution is 2.35. The zero-order valence-corrected chi connectivity index (χ0v) is 16.6. The molecule has 3 heteroatoms. The molecular weight excluding hydrogens is 328 g/mol. The van der Waals surface area contributed by atoms with Crippen molar-refractivity contribution in [2.24, 2.45) is 11.3 Å². The van der Waals surface area contributed by atoms with Gasteiger partial charge in [0.1, 0.15) is 0 Å². The summed E-state index contributed by atoms with van der Waals surface area (Å²) in [6, 6.07) is 0. The third kappa shape index (κ3) is 6.95. The Bertz CT molecular complexity index is 630. The molecule has 0 saturated heterocycles. The summed E-state index contributed by atoms with van der Waals surface area (Å²) in [7, 11) is 0. The van der Waals surface area contributed by atoms with E-state index >= 15 is 0 Å². The van der Waals surface area contributed by atoms with E-state index in [0.717, 1.165) is 25.7 Å². The highest BCUT2D eigenvalue weighted by Gasteiger charge is 2.33. The lowest BCUT2D eigenvalue weighted by Crippen LogP contribution is -2.31. The van der Waals surface area contributed by atoms with Gasteiger partial charge in [0.15, 0.2) is 0 Å². The van der Waals surface area contributed by atoms with Crippen LogP contribution in [0.1, 0.15) is 53.4 Å². The van der Waals surface area contributed by atoms with Crippen molar-refractivity contribution in [3.05, 3.63) is 59.8 Å². The minimum Gasteiger partial charge on any atom is -0.478 e. The summed E-state index contributed by atoms with van der Waals surface area (Å²) >= 11 is 5.41. The van der Waals surface area contributed by atoms with E-state index in [9.17, 15) is 9.90 Å². The fraction of sp³-hybridized carbons (Fsp3) is 0.455. The molecule has 1 N–H and O–H groups in total. The van der Waals surface area contributed by atoms with Gasteiger partial charge in [0.25, 0.3) is 0 Å². The van der Waals surface area contributed by atoms with Crippen LogP contribution in [0.25, 0.3) is 0 Å². The number of unbranched alkanes of at least 4 members (excludes halogenated alkanes) is 1. The molecule has 2 nitrogen and oxygen atoms in total. The van der Waals surface area contributed by atoms with Gasteiger partial charge in [0.05, 0.1) is 5.57 Å². The maximum absolute atomic E-state index is 11.3. The maximum Gasteiger partial charge on any atom is 0.336 e. The summed E-state index contributed by atoms with van der Waals surface area (Å²) in [5.41, 5.74) is 1.47. The van der Waals surface area contributed by atoms with E-state index < -0.39 is 5.97 Å². The van der Waals surface area contributed by atoms with E-state index in [0.29, 0.717) is 4.86 Å². The van der Waals surface area contributed by atoms with Crippen molar-refractivity contribution in [3.63, 3.8) is 0 Å². The first-order valence-corrected chi connectivity index (χ1v) is 9.31. The van der Waals surface area contributed by atoms with Gasteiger partial charge in [-0.2, -0.15) is 0 Å². The van der Waals surface area contributed by atoms with E-state index in [1.807, 2.05) is 13.0 Å². The molecule has 0 fully saturated rings. The number of rotatable bonds is 9. The third-order valence-corrected chi connectivity index (χ3v) is 4.93. The number of carboxylic acids is 1. The number of hydrogen-bond donors (Lipinski definition) is 1. The molecule has 1 unspecified atom stereocenters. The van der Waals surface area contributed by atoms with Crippen LogP contribution in [-0.2, 0) is 4.79 Å². The third-order valence-electron chi connectivity index (χ3n) is 4.46. The van der Waals surface area contributed by atoms with Crippen LogP contribution in [0.15, 0.2) is 59.8 Å². The van der Waals surface area contributed by atoms with Crippen molar-refractivity contribution in [1.29, 1.82) is 0 Å². The smallest absolute Gasteiger partial charge is 0.336 e. The van der Waals surface area contributed by atoms with Crippen LogP contribution < -0.4 is 0 Å². The van der Waals surface area contributed by atoms with Crippen LogP contribution in [0, 0.1) is 11.3 Å². The van der Waals surface area contributed by atoms with Crippen LogP contribution in [0.2, 0.25) is 0 Å². The predicted octanol–water partition coefficient (Wildman–Crippen LogP) is 6.22. The molecule has 0 amide bonds. The standard InChI is InChI=1S/C22H30O2S/c1-5-6-8-12-17(2)13-9-7-10-16-22(3,4)19-15-11-14-18(20(19)25)21(23)24/h5-6,10-11,13-16,19H,7-9,12H2,1-4H3,(H,23,24). The summed E-state index contributed by atoms with van der Waals surface area (Å²) < 4.78 is 0. The van der Waals surface area contributed by atoms with Crippen molar-refractivity contribution < 1.29 is 9.90 Å². The summed E-state index contributed by atoms with van der Waals surface area (Å²) in [4.78, 5) is 11.8. The summed E-state index contributed by atoms with van der Waals surface area (Å²) in [5.74, 6) is -1.01. The molecular formula is C22H30O2S. The molecule has 0 heterocycles. The minimum absolute atomic E-state index is 0.0621.